The molecular formula is C22H20N4OS. The minimum atomic E-state index is -0.193. The molecular weight excluding hydrogens is 368 g/mol. The van der Waals surface area contributed by atoms with Gasteiger partial charge in [-0.2, -0.15) is 0 Å². The van der Waals surface area contributed by atoms with Crippen molar-refractivity contribution in [2.24, 2.45) is 11.7 Å². The average Bonchev–Trinajstić information content (AvgIpc) is 3.17. The van der Waals surface area contributed by atoms with Gasteiger partial charge in [0.1, 0.15) is 10.8 Å². The number of piperidine rings is 1. The number of carbonyl (C=O) groups is 1. The van der Waals surface area contributed by atoms with Gasteiger partial charge in [-0.3, -0.25) is 4.79 Å². The summed E-state index contributed by atoms with van der Waals surface area (Å²) in [5, 5.41) is 2.12. The van der Waals surface area contributed by atoms with Gasteiger partial charge in [0.05, 0.1) is 15.7 Å². The summed E-state index contributed by atoms with van der Waals surface area (Å²) < 4.78 is 1.18. The SMILES string of the molecule is NC(=O)C1CCN(c2cc(-c3nc4ccccc4s3)c3ccccc3n2)CC1. The third-order valence-electron chi connectivity index (χ3n) is 5.45. The van der Waals surface area contributed by atoms with E-state index in [1.807, 2.05) is 36.4 Å². The Balaban J connectivity index is 1.59. The van der Waals surface area contributed by atoms with Crippen LogP contribution < -0.4 is 10.6 Å². The first-order chi connectivity index (χ1) is 13.7. The zero-order chi connectivity index (χ0) is 19.1. The van der Waals surface area contributed by atoms with E-state index in [1.165, 1.54) is 4.70 Å². The molecule has 2 N–H and O–H groups in total. The summed E-state index contributed by atoms with van der Waals surface area (Å²) >= 11 is 1.71. The number of thiazole rings is 1. The molecule has 1 fully saturated rings. The lowest BCUT2D eigenvalue weighted by Gasteiger charge is -2.31. The standard InChI is InChI=1S/C22H20N4OS/c23-21(27)14-9-11-26(12-10-14)20-13-16(15-5-1-2-6-17(15)24-20)22-25-18-7-3-4-8-19(18)28-22/h1-8,13-14H,9-12H2,(H2,23,27). The van der Waals surface area contributed by atoms with E-state index in [4.69, 9.17) is 15.7 Å². The molecule has 28 heavy (non-hydrogen) atoms. The topological polar surface area (TPSA) is 72.1 Å². The third-order valence-corrected chi connectivity index (χ3v) is 6.52. The van der Waals surface area contributed by atoms with E-state index in [9.17, 15) is 4.79 Å². The summed E-state index contributed by atoms with van der Waals surface area (Å²) in [5.74, 6) is 0.720. The highest BCUT2D eigenvalue weighted by Gasteiger charge is 2.24. The quantitative estimate of drug-likeness (QED) is 0.570. The smallest absolute Gasteiger partial charge is 0.220 e. The number of hydrogen-bond acceptors (Lipinski definition) is 5. The first kappa shape index (κ1) is 17.1. The Hall–Kier alpha value is -2.99. The van der Waals surface area contributed by atoms with Crippen LogP contribution in [0.15, 0.2) is 54.6 Å². The predicted molar refractivity (Wildman–Crippen MR) is 114 cm³/mol. The van der Waals surface area contributed by atoms with Crippen LogP contribution in [0, 0.1) is 5.92 Å². The van der Waals surface area contributed by atoms with Crippen molar-refractivity contribution in [3.05, 3.63) is 54.6 Å². The first-order valence-corrected chi connectivity index (χ1v) is 10.3. The fraction of sp³-hybridized carbons (Fsp3) is 0.227. The van der Waals surface area contributed by atoms with Crippen molar-refractivity contribution in [1.29, 1.82) is 0 Å². The van der Waals surface area contributed by atoms with Gasteiger partial charge in [-0.1, -0.05) is 30.3 Å². The average molecular weight is 388 g/mol. The molecule has 140 valence electrons. The molecule has 3 heterocycles. The van der Waals surface area contributed by atoms with Crippen LogP contribution in [0.3, 0.4) is 0 Å². The molecule has 0 spiro atoms. The van der Waals surface area contributed by atoms with Crippen LogP contribution >= 0.6 is 11.3 Å². The van der Waals surface area contributed by atoms with Crippen molar-refractivity contribution in [3.63, 3.8) is 0 Å². The fourth-order valence-corrected chi connectivity index (χ4v) is 4.88. The molecule has 6 heteroatoms. The monoisotopic (exact) mass is 388 g/mol. The molecule has 0 aliphatic carbocycles. The molecule has 1 aliphatic heterocycles. The molecule has 5 rings (SSSR count). The van der Waals surface area contributed by atoms with Crippen molar-refractivity contribution >= 4 is 44.2 Å². The lowest BCUT2D eigenvalue weighted by Crippen LogP contribution is -2.38. The van der Waals surface area contributed by atoms with Gasteiger partial charge >= 0.3 is 0 Å². The maximum atomic E-state index is 11.5. The van der Waals surface area contributed by atoms with E-state index in [2.05, 4.69) is 23.1 Å². The summed E-state index contributed by atoms with van der Waals surface area (Å²) in [5.41, 5.74) is 8.58. The van der Waals surface area contributed by atoms with Crippen molar-refractivity contribution in [3.8, 4) is 10.6 Å². The molecule has 0 saturated carbocycles. The Morgan fingerprint density at radius 3 is 2.46 bits per heavy atom. The Bertz CT molecular complexity index is 1140. The van der Waals surface area contributed by atoms with Gasteiger partial charge < -0.3 is 10.6 Å². The summed E-state index contributed by atoms with van der Waals surface area (Å²) in [6.45, 7) is 1.58. The number of fused-ring (bicyclic) bond motifs is 2. The Morgan fingerprint density at radius 1 is 1.00 bits per heavy atom. The number of benzene rings is 2. The van der Waals surface area contributed by atoms with Crippen LogP contribution in [0.4, 0.5) is 5.82 Å². The lowest BCUT2D eigenvalue weighted by molar-refractivity contribution is -0.122. The zero-order valence-corrected chi connectivity index (χ0v) is 16.2. The number of rotatable bonds is 3. The fourth-order valence-electron chi connectivity index (χ4n) is 3.88. The predicted octanol–water partition coefficient (Wildman–Crippen LogP) is 4.21. The van der Waals surface area contributed by atoms with Gasteiger partial charge in [-0.15, -0.1) is 11.3 Å². The molecule has 5 nitrogen and oxygen atoms in total. The number of carbonyl (C=O) groups excluding carboxylic acids is 1. The normalized spacial score (nSPS) is 15.4. The van der Waals surface area contributed by atoms with Crippen molar-refractivity contribution in [2.45, 2.75) is 12.8 Å². The summed E-state index contributed by atoms with van der Waals surface area (Å²) in [6.07, 6.45) is 1.56. The minimum Gasteiger partial charge on any atom is -0.369 e. The second-order valence-corrected chi connectivity index (χ2v) is 8.23. The molecule has 1 aliphatic rings. The number of hydrogen-bond donors (Lipinski definition) is 1. The number of anilines is 1. The number of nitrogens with zero attached hydrogens (tertiary/aromatic N) is 3. The molecule has 1 amide bonds. The van der Waals surface area contributed by atoms with E-state index in [-0.39, 0.29) is 11.8 Å². The maximum Gasteiger partial charge on any atom is 0.220 e. The lowest BCUT2D eigenvalue weighted by atomic mass is 9.96. The van der Waals surface area contributed by atoms with Crippen molar-refractivity contribution < 1.29 is 4.79 Å². The highest BCUT2D eigenvalue weighted by molar-refractivity contribution is 7.21. The molecule has 4 aromatic rings. The van der Waals surface area contributed by atoms with Crippen LogP contribution in [0.5, 0.6) is 0 Å². The molecule has 0 bridgehead atoms. The number of amides is 1. The maximum absolute atomic E-state index is 11.5. The number of para-hydroxylation sites is 2. The Labute approximate surface area is 166 Å². The van der Waals surface area contributed by atoms with Crippen LogP contribution in [-0.2, 0) is 4.79 Å². The third kappa shape index (κ3) is 2.99. The molecule has 0 unspecified atom stereocenters. The Kier molecular flexibility index (Phi) is 4.20. The van der Waals surface area contributed by atoms with Crippen LogP contribution in [0.2, 0.25) is 0 Å². The number of aromatic nitrogens is 2. The minimum absolute atomic E-state index is 0.0274. The number of primary amides is 1. The highest BCUT2D eigenvalue weighted by atomic mass is 32.1. The Morgan fingerprint density at radius 2 is 1.71 bits per heavy atom. The highest BCUT2D eigenvalue weighted by Crippen LogP contribution is 2.36. The summed E-state index contributed by atoms with van der Waals surface area (Å²) in [4.78, 5) is 23.5. The summed E-state index contributed by atoms with van der Waals surface area (Å²) in [6, 6.07) is 18.6. The number of nitrogens with two attached hydrogens (primary N) is 1. The molecule has 0 radical (unpaired) electrons. The van der Waals surface area contributed by atoms with Crippen molar-refractivity contribution in [1.82, 2.24) is 9.97 Å². The van der Waals surface area contributed by atoms with Gasteiger partial charge in [-0.05, 0) is 37.1 Å². The van der Waals surface area contributed by atoms with Gasteiger partial charge in [0, 0.05) is 30.0 Å². The first-order valence-electron chi connectivity index (χ1n) is 9.49. The number of pyridine rings is 1. The van der Waals surface area contributed by atoms with E-state index in [0.717, 1.165) is 58.7 Å². The van der Waals surface area contributed by atoms with Crippen LogP contribution in [-0.4, -0.2) is 29.0 Å². The van der Waals surface area contributed by atoms with Crippen LogP contribution in [0.1, 0.15) is 12.8 Å². The van der Waals surface area contributed by atoms with Gasteiger partial charge in [0.15, 0.2) is 0 Å². The molecule has 0 atom stereocenters. The van der Waals surface area contributed by atoms with Crippen LogP contribution in [0.25, 0.3) is 31.7 Å². The molecule has 1 saturated heterocycles. The van der Waals surface area contributed by atoms with E-state index in [0.29, 0.717) is 0 Å². The van der Waals surface area contributed by atoms with Crippen molar-refractivity contribution in [2.75, 3.05) is 18.0 Å². The second-order valence-electron chi connectivity index (χ2n) is 7.20. The molecule has 2 aromatic heterocycles. The largest absolute Gasteiger partial charge is 0.369 e. The summed E-state index contributed by atoms with van der Waals surface area (Å²) in [7, 11) is 0. The van der Waals surface area contributed by atoms with E-state index in [1.54, 1.807) is 11.3 Å². The van der Waals surface area contributed by atoms with E-state index < -0.39 is 0 Å². The second kappa shape index (κ2) is 6.87. The van der Waals surface area contributed by atoms with Gasteiger partial charge in [-0.25, -0.2) is 9.97 Å². The molecule has 2 aromatic carbocycles. The van der Waals surface area contributed by atoms with Gasteiger partial charge in [0.25, 0.3) is 0 Å². The van der Waals surface area contributed by atoms with Gasteiger partial charge in [0.2, 0.25) is 5.91 Å². The van der Waals surface area contributed by atoms with E-state index >= 15 is 0 Å². The zero-order valence-electron chi connectivity index (χ0n) is 15.3.